The van der Waals surface area contributed by atoms with Gasteiger partial charge in [0.05, 0.1) is 12.0 Å². The van der Waals surface area contributed by atoms with Crippen LogP contribution in [0.5, 0.6) is 0 Å². The Balaban J connectivity index is 1.50. The topological polar surface area (TPSA) is 55.8 Å². The van der Waals surface area contributed by atoms with Gasteiger partial charge in [-0.25, -0.2) is 0 Å². The number of fused-ring (bicyclic) bond motifs is 1. The molecule has 1 atom stereocenters. The monoisotopic (exact) mass is 240 g/mol. The Labute approximate surface area is 101 Å². The standard InChI is InChI=1S/C13H20O4/c14-11(15)13-5-4-12(7-13,8-13)9-17-10-3-1-2-6-16-10/h10H,1-9H2,(H,14,15). The number of aliphatic carboxylic acids is 1. The van der Waals surface area contributed by atoms with Crippen LogP contribution in [0.4, 0.5) is 0 Å². The van der Waals surface area contributed by atoms with Crippen molar-refractivity contribution in [1.29, 1.82) is 0 Å². The van der Waals surface area contributed by atoms with E-state index in [1.54, 1.807) is 0 Å². The average Bonchev–Trinajstić information content (AvgIpc) is 2.84. The van der Waals surface area contributed by atoms with Crippen LogP contribution in [0.3, 0.4) is 0 Å². The molecule has 17 heavy (non-hydrogen) atoms. The van der Waals surface area contributed by atoms with E-state index in [1.165, 1.54) is 6.42 Å². The summed E-state index contributed by atoms with van der Waals surface area (Å²) in [6, 6.07) is 0. The van der Waals surface area contributed by atoms with Gasteiger partial charge < -0.3 is 14.6 Å². The maximum Gasteiger partial charge on any atom is 0.309 e. The number of hydrogen-bond donors (Lipinski definition) is 1. The van der Waals surface area contributed by atoms with Crippen LogP contribution in [-0.2, 0) is 14.3 Å². The first-order valence-corrected chi connectivity index (χ1v) is 6.61. The molecule has 4 rings (SSSR count). The maximum atomic E-state index is 11.1. The minimum atomic E-state index is -0.612. The molecule has 0 spiro atoms. The second-order valence-corrected chi connectivity index (χ2v) is 6.05. The van der Waals surface area contributed by atoms with E-state index >= 15 is 0 Å². The van der Waals surface area contributed by atoms with Crippen LogP contribution >= 0.6 is 0 Å². The van der Waals surface area contributed by atoms with Gasteiger partial charge >= 0.3 is 5.97 Å². The lowest BCUT2D eigenvalue weighted by atomic mass is 9.60. The molecule has 0 radical (unpaired) electrons. The second kappa shape index (κ2) is 3.95. The number of ether oxygens (including phenoxy) is 2. The molecule has 4 aliphatic rings. The number of carbonyl (C=O) groups is 1. The number of hydrogen-bond acceptors (Lipinski definition) is 3. The van der Waals surface area contributed by atoms with Crippen LogP contribution in [0.1, 0.15) is 44.9 Å². The van der Waals surface area contributed by atoms with Crippen LogP contribution in [0.2, 0.25) is 0 Å². The third kappa shape index (κ3) is 1.87. The Kier molecular flexibility index (Phi) is 2.67. The third-order valence-electron chi connectivity index (χ3n) is 4.73. The Morgan fingerprint density at radius 3 is 2.76 bits per heavy atom. The van der Waals surface area contributed by atoms with Crippen molar-refractivity contribution in [1.82, 2.24) is 0 Å². The third-order valence-corrected chi connectivity index (χ3v) is 4.73. The van der Waals surface area contributed by atoms with Gasteiger partial charge in [-0.1, -0.05) is 0 Å². The van der Waals surface area contributed by atoms with Gasteiger partial charge in [0.1, 0.15) is 0 Å². The fraction of sp³-hybridized carbons (Fsp3) is 0.923. The van der Waals surface area contributed by atoms with E-state index in [1.807, 2.05) is 0 Å². The van der Waals surface area contributed by atoms with Crippen molar-refractivity contribution >= 4 is 5.97 Å². The molecule has 1 N–H and O–H groups in total. The molecule has 0 aromatic heterocycles. The molecule has 96 valence electrons. The van der Waals surface area contributed by atoms with Crippen molar-refractivity contribution in [3.8, 4) is 0 Å². The molecule has 2 bridgehead atoms. The minimum absolute atomic E-state index is 0.0430. The van der Waals surface area contributed by atoms with Crippen LogP contribution in [0, 0.1) is 10.8 Å². The molecular weight excluding hydrogens is 220 g/mol. The Morgan fingerprint density at radius 1 is 1.35 bits per heavy atom. The highest BCUT2D eigenvalue weighted by Gasteiger charge is 2.64. The number of rotatable bonds is 4. The van der Waals surface area contributed by atoms with Crippen molar-refractivity contribution in [3.63, 3.8) is 0 Å². The van der Waals surface area contributed by atoms with Gasteiger partial charge in [0, 0.05) is 6.61 Å². The van der Waals surface area contributed by atoms with E-state index in [2.05, 4.69) is 0 Å². The van der Waals surface area contributed by atoms with E-state index in [-0.39, 0.29) is 11.7 Å². The molecule has 1 saturated heterocycles. The van der Waals surface area contributed by atoms with Gasteiger partial charge in [0.15, 0.2) is 6.29 Å². The van der Waals surface area contributed by atoms with Gasteiger partial charge in [-0.2, -0.15) is 0 Å². The lowest BCUT2D eigenvalue weighted by Crippen LogP contribution is -2.46. The summed E-state index contributed by atoms with van der Waals surface area (Å²) in [4.78, 5) is 11.1. The highest BCUT2D eigenvalue weighted by Crippen LogP contribution is 2.67. The zero-order valence-electron chi connectivity index (χ0n) is 10.1. The van der Waals surface area contributed by atoms with E-state index < -0.39 is 11.4 Å². The van der Waals surface area contributed by atoms with E-state index in [9.17, 15) is 9.90 Å². The highest BCUT2D eigenvalue weighted by molar-refractivity contribution is 5.77. The van der Waals surface area contributed by atoms with E-state index in [0.717, 1.165) is 45.1 Å². The lowest BCUT2D eigenvalue weighted by Gasteiger charge is -2.45. The van der Waals surface area contributed by atoms with Crippen molar-refractivity contribution < 1.29 is 19.4 Å². The summed E-state index contributed by atoms with van der Waals surface area (Å²) in [5, 5.41) is 9.18. The second-order valence-electron chi connectivity index (χ2n) is 6.05. The fourth-order valence-corrected chi connectivity index (χ4v) is 3.79. The molecule has 0 amide bonds. The highest BCUT2D eigenvalue weighted by atomic mass is 16.7. The predicted molar refractivity (Wildman–Crippen MR) is 60.5 cm³/mol. The van der Waals surface area contributed by atoms with Gasteiger partial charge in [0.2, 0.25) is 0 Å². The lowest BCUT2D eigenvalue weighted by molar-refractivity contribution is -0.193. The van der Waals surface area contributed by atoms with Crippen molar-refractivity contribution in [3.05, 3.63) is 0 Å². The summed E-state index contributed by atoms with van der Waals surface area (Å²) in [5.74, 6) is -0.612. The normalized spacial score (nSPS) is 44.4. The molecule has 3 saturated carbocycles. The summed E-state index contributed by atoms with van der Waals surface area (Å²) >= 11 is 0. The maximum absolute atomic E-state index is 11.1. The van der Waals surface area contributed by atoms with Crippen molar-refractivity contribution in [2.45, 2.75) is 51.2 Å². The summed E-state index contributed by atoms with van der Waals surface area (Å²) in [7, 11) is 0. The SMILES string of the molecule is O=C(O)C12CCC(COC3CCCCO3)(C1)C2. The fourth-order valence-electron chi connectivity index (χ4n) is 3.79. The summed E-state index contributed by atoms with van der Waals surface area (Å²) in [5.41, 5.74) is -0.254. The molecule has 4 nitrogen and oxygen atoms in total. The van der Waals surface area contributed by atoms with Crippen LogP contribution in [-0.4, -0.2) is 30.6 Å². The molecule has 4 fully saturated rings. The molecule has 0 aromatic carbocycles. The van der Waals surface area contributed by atoms with Gasteiger partial charge in [-0.15, -0.1) is 0 Å². The minimum Gasteiger partial charge on any atom is -0.481 e. The summed E-state index contributed by atoms with van der Waals surface area (Å²) < 4.78 is 11.4. The Morgan fingerprint density at radius 2 is 2.18 bits per heavy atom. The zero-order valence-corrected chi connectivity index (χ0v) is 10.1. The van der Waals surface area contributed by atoms with Crippen molar-refractivity contribution in [2.75, 3.05) is 13.2 Å². The van der Waals surface area contributed by atoms with E-state index in [0.29, 0.717) is 6.61 Å². The Bertz CT molecular complexity index is 313. The molecule has 1 heterocycles. The number of carboxylic acid groups (broad SMARTS) is 1. The quantitative estimate of drug-likeness (QED) is 0.818. The first kappa shape index (κ1) is 11.5. The van der Waals surface area contributed by atoms with Crippen LogP contribution < -0.4 is 0 Å². The van der Waals surface area contributed by atoms with Crippen LogP contribution in [0.15, 0.2) is 0 Å². The summed E-state index contributed by atoms with van der Waals surface area (Å²) in [6.45, 7) is 1.49. The summed E-state index contributed by atoms with van der Waals surface area (Å²) in [6.07, 6.45) is 6.70. The van der Waals surface area contributed by atoms with Gasteiger partial charge in [0.25, 0.3) is 0 Å². The predicted octanol–water partition coefficient (Wildman–Crippen LogP) is 2.17. The molecule has 3 aliphatic carbocycles. The molecular formula is C13H20O4. The first-order valence-electron chi connectivity index (χ1n) is 6.61. The van der Waals surface area contributed by atoms with Gasteiger partial charge in [-0.3, -0.25) is 4.79 Å². The molecule has 0 aromatic rings. The largest absolute Gasteiger partial charge is 0.481 e. The van der Waals surface area contributed by atoms with E-state index in [4.69, 9.17) is 9.47 Å². The molecule has 1 unspecified atom stereocenters. The first-order chi connectivity index (χ1) is 8.14. The smallest absolute Gasteiger partial charge is 0.309 e. The van der Waals surface area contributed by atoms with Crippen molar-refractivity contribution in [2.24, 2.45) is 10.8 Å². The molecule has 1 aliphatic heterocycles. The van der Waals surface area contributed by atoms with Gasteiger partial charge in [-0.05, 0) is 50.4 Å². The average molecular weight is 240 g/mol. The number of carboxylic acids is 1. The molecule has 4 heteroatoms. The van der Waals surface area contributed by atoms with Crippen LogP contribution in [0.25, 0.3) is 0 Å². The Hall–Kier alpha value is -0.610. The zero-order chi connectivity index (χ0) is 11.9.